The second-order valence-electron chi connectivity index (χ2n) is 3.14. The average Bonchev–Trinajstić information content (AvgIpc) is 2.14. The van der Waals surface area contributed by atoms with Crippen molar-refractivity contribution in [1.29, 1.82) is 0 Å². The lowest BCUT2D eigenvalue weighted by Gasteiger charge is -2.07. The SMILES string of the molecule is Cc1cc(C(F)(F)F)ccc1C#CC(N)=O. The quantitative estimate of drug-likeness (QED) is 0.675. The normalized spacial score (nSPS) is 10.5. The Morgan fingerprint density at radius 1 is 1.38 bits per heavy atom. The van der Waals surface area contributed by atoms with Gasteiger partial charge < -0.3 is 5.73 Å². The number of alkyl halides is 3. The molecule has 5 heteroatoms. The van der Waals surface area contributed by atoms with Gasteiger partial charge in [0.1, 0.15) is 0 Å². The highest BCUT2D eigenvalue weighted by Crippen LogP contribution is 2.30. The molecule has 0 saturated carbocycles. The van der Waals surface area contributed by atoms with E-state index in [0.717, 1.165) is 12.1 Å². The number of carbonyl (C=O) groups is 1. The highest BCUT2D eigenvalue weighted by atomic mass is 19.4. The highest BCUT2D eigenvalue weighted by Gasteiger charge is 2.30. The van der Waals surface area contributed by atoms with Crippen molar-refractivity contribution in [3.63, 3.8) is 0 Å². The van der Waals surface area contributed by atoms with Gasteiger partial charge in [-0.2, -0.15) is 13.2 Å². The predicted octanol–water partition coefficient (Wildman–Crippen LogP) is 1.85. The first-order valence-corrected chi connectivity index (χ1v) is 4.30. The zero-order valence-electron chi connectivity index (χ0n) is 8.35. The van der Waals surface area contributed by atoms with Crippen molar-refractivity contribution in [2.45, 2.75) is 13.1 Å². The molecule has 16 heavy (non-hydrogen) atoms. The Hall–Kier alpha value is -1.96. The summed E-state index contributed by atoms with van der Waals surface area (Å²) in [5.74, 6) is 3.65. The number of carbonyl (C=O) groups excluding carboxylic acids is 1. The van der Waals surface area contributed by atoms with Crippen LogP contribution >= 0.6 is 0 Å². The molecule has 1 rings (SSSR count). The Morgan fingerprint density at radius 2 is 2.00 bits per heavy atom. The van der Waals surface area contributed by atoms with Crippen LogP contribution in [0.15, 0.2) is 18.2 Å². The smallest absolute Gasteiger partial charge is 0.359 e. The van der Waals surface area contributed by atoms with E-state index in [0.29, 0.717) is 11.1 Å². The Labute approximate surface area is 90.3 Å². The third-order valence-electron chi connectivity index (χ3n) is 1.87. The van der Waals surface area contributed by atoms with Crippen molar-refractivity contribution in [3.05, 3.63) is 34.9 Å². The largest absolute Gasteiger partial charge is 0.416 e. The van der Waals surface area contributed by atoms with Crippen LogP contribution in [0.4, 0.5) is 13.2 Å². The summed E-state index contributed by atoms with van der Waals surface area (Å²) in [5.41, 5.74) is 4.76. The van der Waals surface area contributed by atoms with Crippen molar-refractivity contribution in [3.8, 4) is 11.8 Å². The van der Waals surface area contributed by atoms with Crippen LogP contribution in [0.3, 0.4) is 0 Å². The van der Waals surface area contributed by atoms with Gasteiger partial charge >= 0.3 is 6.18 Å². The molecule has 0 unspecified atom stereocenters. The van der Waals surface area contributed by atoms with E-state index in [1.165, 1.54) is 13.0 Å². The number of amides is 1. The molecule has 1 amide bonds. The van der Waals surface area contributed by atoms with Gasteiger partial charge in [0.25, 0.3) is 5.91 Å². The van der Waals surface area contributed by atoms with Crippen molar-refractivity contribution >= 4 is 5.91 Å². The van der Waals surface area contributed by atoms with Crippen LogP contribution in [0, 0.1) is 18.8 Å². The Morgan fingerprint density at radius 3 is 2.44 bits per heavy atom. The van der Waals surface area contributed by atoms with E-state index in [-0.39, 0.29) is 0 Å². The van der Waals surface area contributed by atoms with Crippen LogP contribution < -0.4 is 5.73 Å². The van der Waals surface area contributed by atoms with E-state index in [9.17, 15) is 18.0 Å². The zero-order chi connectivity index (χ0) is 12.3. The minimum Gasteiger partial charge on any atom is -0.359 e. The number of halogens is 3. The molecule has 84 valence electrons. The second kappa shape index (κ2) is 4.27. The summed E-state index contributed by atoms with van der Waals surface area (Å²) < 4.78 is 36.9. The van der Waals surface area contributed by atoms with Gasteiger partial charge in [0.2, 0.25) is 0 Å². The van der Waals surface area contributed by atoms with Crippen LogP contribution in [0.2, 0.25) is 0 Å². The van der Waals surface area contributed by atoms with E-state index in [1.54, 1.807) is 0 Å². The minimum atomic E-state index is -4.37. The Balaban J connectivity index is 3.12. The molecule has 0 spiro atoms. The third-order valence-corrected chi connectivity index (χ3v) is 1.87. The number of nitrogens with two attached hydrogens (primary N) is 1. The predicted molar refractivity (Wildman–Crippen MR) is 52.3 cm³/mol. The van der Waals surface area contributed by atoms with E-state index < -0.39 is 17.6 Å². The van der Waals surface area contributed by atoms with Crippen LogP contribution in [0.5, 0.6) is 0 Å². The standard InChI is InChI=1S/C11H8F3NO/c1-7-6-9(11(12,13)14)4-2-8(7)3-5-10(15)16/h2,4,6H,1H3,(H2,15,16). The van der Waals surface area contributed by atoms with Crippen molar-refractivity contribution in [2.75, 3.05) is 0 Å². The fourth-order valence-corrected chi connectivity index (χ4v) is 1.11. The summed E-state index contributed by atoms with van der Waals surface area (Å²) in [6.07, 6.45) is -4.37. The van der Waals surface area contributed by atoms with Crippen molar-refractivity contribution in [1.82, 2.24) is 0 Å². The van der Waals surface area contributed by atoms with E-state index in [2.05, 4.69) is 11.8 Å². The topological polar surface area (TPSA) is 43.1 Å². The van der Waals surface area contributed by atoms with Gasteiger partial charge in [0, 0.05) is 5.56 Å². The first-order valence-electron chi connectivity index (χ1n) is 4.30. The third kappa shape index (κ3) is 3.02. The molecule has 1 aromatic rings. The monoisotopic (exact) mass is 227 g/mol. The molecule has 2 N–H and O–H groups in total. The number of aryl methyl sites for hydroxylation is 1. The molecule has 0 aromatic heterocycles. The molecule has 1 aromatic carbocycles. The fraction of sp³-hybridized carbons (Fsp3) is 0.182. The molecule has 2 nitrogen and oxygen atoms in total. The Bertz CT molecular complexity index is 480. The number of benzene rings is 1. The van der Waals surface area contributed by atoms with E-state index in [1.807, 2.05) is 0 Å². The van der Waals surface area contributed by atoms with E-state index >= 15 is 0 Å². The molecular weight excluding hydrogens is 219 g/mol. The first-order chi connectivity index (χ1) is 7.30. The maximum atomic E-state index is 12.3. The van der Waals surface area contributed by atoms with Crippen LogP contribution in [0.25, 0.3) is 0 Å². The molecule has 0 aliphatic heterocycles. The number of rotatable bonds is 0. The van der Waals surface area contributed by atoms with Gasteiger partial charge in [-0.05, 0) is 36.6 Å². The van der Waals surface area contributed by atoms with Crippen molar-refractivity contribution in [2.24, 2.45) is 5.73 Å². The molecule has 0 heterocycles. The number of primary amides is 1. The maximum Gasteiger partial charge on any atom is 0.416 e. The fourth-order valence-electron chi connectivity index (χ4n) is 1.11. The van der Waals surface area contributed by atoms with Gasteiger partial charge in [0.15, 0.2) is 0 Å². The van der Waals surface area contributed by atoms with Crippen LogP contribution in [0.1, 0.15) is 16.7 Å². The summed E-state index contributed by atoms with van der Waals surface area (Å²) in [5, 5.41) is 0. The molecule has 0 saturated heterocycles. The molecule has 0 atom stereocenters. The molecule has 0 fully saturated rings. The summed E-state index contributed by atoms with van der Waals surface area (Å²) in [6.45, 7) is 1.49. The van der Waals surface area contributed by atoms with Crippen LogP contribution in [-0.2, 0) is 11.0 Å². The van der Waals surface area contributed by atoms with Gasteiger partial charge in [-0.25, -0.2) is 0 Å². The maximum absolute atomic E-state index is 12.3. The average molecular weight is 227 g/mol. The highest BCUT2D eigenvalue weighted by molar-refractivity contribution is 5.92. The summed E-state index contributed by atoms with van der Waals surface area (Å²) in [7, 11) is 0. The number of hydrogen-bond acceptors (Lipinski definition) is 1. The van der Waals surface area contributed by atoms with Gasteiger partial charge in [-0.15, -0.1) is 0 Å². The summed E-state index contributed by atoms with van der Waals surface area (Å²) in [4.78, 5) is 10.4. The summed E-state index contributed by atoms with van der Waals surface area (Å²) >= 11 is 0. The molecule has 0 aliphatic rings. The lowest BCUT2D eigenvalue weighted by atomic mass is 10.1. The second-order valence-corrected chi connectivity index (χ2v) is 3.14. The van der Waals surface area contributed by atoms with Crippen molar-refractivity contribution < 1.29 is 18.0 Å². The number of hydrogen-bond donors (Lipinski definition) is 1. The molecular formula is C11H8F3NO. The molecule has 0 radical (unpaired) electrons. The summed E-state index contributed by atoms with van der Waals surface area (Å²) in [6, 6.07) is 3.11. The molecule has 0 aliphatic carbocycles. The van der Waals surface area contributed by atoms with Gasteiger partial charge in [-0.1, -0.05) is 5.92 Å². The lowest BCUT2D eigenvalue weighted by Crippen LogP contribution is -2.07. The van der Waals surface area contributed by atoms with Gasteiger partial charge in [-0.3, -0.25) is 4.79 Å². The zero-order valence-corrected chi connectivity index (χ0v) is 8.35. The lowest BCUT2D eigenvalue weighted by molar-refractivity contribution is -0.137. The van der Waals surface area contributed by atoms with E-state index in [4.69, 9.17) is 5.73 Å². The Kier molecular flexibility index (Phi) is 3.23. The van der Waals surface area contributed by atoms with Crippen LogP contribution in [-0.4, -0.2) is 5.91 Å². The van der Waals surface area contributed by atoms with Gasteiger partial charge in [0.05, 0.1) is 5.56 Å². The molecule has 0 bridgehead atoms. The first kappa shape index (κ1) is 12.1. The minimum absolute atomic E-state index is 0.351.